The molecule has 0 saturated heterocycles. The summed E-state index contributed by atoms with van der Waals surface area (Å²) in [6, 6.07) is 15.4. The molecule has 1 aromatic heterocycles. The number of nitro benzene ring substituents is 1. The van der Waals surface area contributed by atoms with Gasteiger partial charge in [0, 0.05) is 24.1 Å². The van der Waals surface area contributed by atoms with E-state index in [0.717, 1.165) is 17.7 Å². The molecular weight excluding hydrogens is 398 g/mol. The van der Waals surface area contributed by atoms with Crippen LogP contribution in [-0.2, 0) is 11.2 Å². The molecule has 2 aromatic carbocycles. The van der Waals surface area contributed by atoms with Gasteiger partial charge in [-0.2, -0.15) is 5.10 Å². The highest BCUT2D eigenvalue weighted by molar-refractivity contribution is 5.81. The van der Waals surface area contributed by atoms with Crippen LogP contribution in [0.2, 0.25) is 0 Å². The molecule has 0 radical (unpaired) electrons. The first-order valence-electron chi connectivity index (χ1n) is 9.76. The molecule has 0 aliphatic rings. The lowest BCUT2D eigenvalue weighted by Gasteiger charge is -2.07. The first kappa shape index (κ1) is 21.8. The molecule has 8 nitrogen and oxygen atoms in total. The summed E-state index contributed by atoms with van der Waals surface area (Å²) in [7, 11) is 1.64. The number of hydrogen-bond acceptors (Lipinski definition) is 6. The van der Waals surface area contributed by atoms with Gasteiger partial charge < -0.3 is 9.15 Å². The summed E-state index contributed by atoms with van der Waals surface area (Å²) in [5.41, 5.74) is 5.38. The predicted octanol–water partition coefficient (Wildman–Crippen LogP) is 4.64. The minimum atomic E-state index is -0.458. The summed E-state index contributed by atoms with van der Waals surface area (Å²) in [5, 5.41) is 14.8. The van der Waals surface area contributed by atoms with E-state index in [1.165, 1.54) is 23.9 Å². The maximum Gasteiger partial charge on any atom is 0.270 e. The third-order valence-corrected chi connectivity index (χ3v) is 4.75. The van der Waals surface area contributed by atoms with E-state index in [-0.39, 0.29) is 11.6 Å². The molecular formula is C23H23N3O5. The fourth-order valence-corrected chi connectivity index (χ4v) is 3.09. The highest BCUT2D eigenvalue weighted by Gasteiger charge is 2.10. The molecule has 160 valence electrons. The maximum absolute atomic E-state index is 12.0. The van der Waals surface area contributed by atoms with Crippen molar-refractivity contribution in [1.29, 1.82) is 0 Å². The summed E-state index contributed by atoms with van der Waals surface area (Å²) in [6.45, 7) is 2.02. The summed E-state index contributed by atoms with van der Waals surface area (Å²) < 4.78 is 10.8. The lowest BCUT2D eigenvalue weighted by Crippen LogP contribution is -2.17. The summed E-state index contributed by atoms with van der Waals surface area (Å²) in [6.07, 6.45) is 3.23. The molecule has 0 atom stereocenters. The molecule has 0 saturated carbocycles. The fraction of sp³-hybridized carbons (Fsp3) is 0.217. The van der Waals surface area contributed by atoms with Crippen molar-refractivity contribution in [2.75, 3.05) is 7.11 Å². The topological polar surface area (TPSA) is 107 Å². The Balaban J connectivity index is 1.48. The Bertz CT molecular complexity index is 1100. The normalized spacial score (nSPS) is 10.9. The van der Waals surface area contributed by atoms with Crippen molar-refractivity contribution in [3.63, 3.8) is 0 Å². The van der Waals surface area contributed by atoms with Crippen LogP contribution in [0, 0.1) is 17.0 Å². The lowest BCUT2D eigenvalue weighted by molar-refractivity contribution is -0.384. The van der Waals surface area contributed by atoms with E-state index >= 15 is 0 Å². The Kier molecular flexibility index (Phi) is 7.16. The Labute approximate surface area is 179 Å². The van der Waals surface area contributed by atoms with Gasteiger partial charge in [0.05, 0.1) is 18.2 Å². The number of aryl methyl sites for hydroxylation is 2. The molecule has 0 aliphatic heterocycles. The minimum Gasteiger partial charge on any atom is -0.497 e. The molecule has 1 heterocycles. The van der Waals surface area contributed by atoms with Crippen LogP contribution in [0.5, 0.6) is 5.75 Å². The number of carbonyl (C=O) groups is 1. The first-order chi connectivity index (χ1) is 15.0. The van der Waals surface area contributed by atoms with Crippen molar-refractivity contribution in [3.8, 4) is 17.1 Å². The average molecular weight is 421 g/mol. The van der Waals surface area contributed by atoms with Crippen molar-refractivity contribution in [1.82, 2.24) is 5.43 Å². The van der Waals surface area contributed by atoms with Gasteiger partial charge in [-0.05, 0) is 55.2 Å². The number of carbonyl (C=O) groups excluding carboxylic acids is 1. The van der Waals surface area contributed by atoms with Crippen molar-refractivity contribution < 1.29 is 18.9 Å². The zero-order chi connectivity index (χ0) is 22.2. The summed E-state index contributed by atoms with van der Waals surface area (Å²) in [4.78, 5) is 22.4. The van der Waals surface area contributed by atoms with Crippen LogP contribution in [0.25, 0.3) is 11.3 Å². The Morgan fingerprint density at radius 3 is 2.81 bits per heavy atom. The number of nitrogens with zero attached hydrogens (tertiary/aromatic N) is 2. The Morgan fingerprint density at radius 2 is 2.06 bits per heavy atom. The van der Waals surface area contributed by atoms with Crippen molar-refractivity contribution >= 4 is 17.8 Å². The van der Waals surface area contributed by atoms with Crippen molar-refractivity contribution in [2.45, 2.75) is 26.2 Å². The van der Waals surface area contributed by atoms with Crippen LogP contribution in [0.4, 0.5) is 5.69 Å². The van der Waals surface area contributed by atoms with Crippen LogP contribution in [-0.4, -0.2) is 24.2 Å². The number of hydrazone groups is 1. The van der Waals surface area contributed by atoms with Gasteiger partial charge >= 0.3 is 0 Å². The molecule has 8 heteroatoms. The number of amides is 1. The number of furan rings is 1. The van der Waals surface area contributed by atoms with Crippen LogP contribution >= 0.6 is 0 Å². The Hall–Kier alpha value is -3.94. The van der Waals surface area contributed by atoms with Crippen molar-refractivity contribution in [3.05, 3.63) is 81.6 Å². The summed E-state index contributed by atoms with van der Waals surface area (Å²) >= 11 is 0. The van der Waals surface area contributed by atoms with Gasteiger partial charge in [-0.25, -0.2) is 5.43 Å². The maximum atomic E-state index is 12.0. The zero-order valence-corrected chi connectivity index (χ0v) is 17.3. The SMILES string of the molecule is COc1ccc(CCCC(=O)N/N=C\c2ccc(-c3cccc([N+](=O)[O-])c3)o2)c(C)c1. The fourth-order valence-electron chi connectivity index (χ4n) is 3.09. The lowest BCUT2D eigenvalue weighted by atomic mass is 10.0. The molecule has 0 spiro atoms. The van der Waals surface area contributed by atoms with E-state index in [2.05, 4.69) is 10.5 Å². The van der Waals surface area contributed by atoms with E-state index in [1.54, 1.807) is 31.4 Å². The van der Waals surface area contributed by atoms with Gasteiger partial charge in [-0.3, -0.25) is 14.9 Å². The number of ether oxygens (including phenoxy) is 1. The molecule has 0 bridgehead atoms. The molecule has 1 N–H and O–H groups in total. The van der Waals surface area contributed by atoms with E-state index in [0.29, 0.717) is 29.9 Å². The molecule has 0 unspecified atom stereocenters. The molecule has 0 aliphatic carbocycles. The second-order valence-corrected chi connectivity index (χ2v) is 6.95. The van der Waals surface area contributed by atoms with Gasteiger partial charge in [0.15, 0.2) is 0 Å². The first-order valence-corrected chi connectivity index (χ1v) is 9.76. The van der Waals surface area contributed by atoms with Crippen LogP contribution in [0.3, 0.4) is 0 Å². The van der Waals surface area contributed by atoms with Crippen LogP contribution in [0.1, 0.15) is 29.7 Å². The van der Waals surface area contributed by atoms with E-state index < -0.39 is 4.92 Å². The average Bonchev–Trinajstić information content (AvgIpc) is 3.24. The number of benzene rings is 2. The highest BCUT2D eigenvalue weighted by Crippen LogP contribution is 2.25. The molecule has 1 amide bonds. The number of methoxy groups -OCH3 is 1. The largest absolute Gasteiger partial charge is 0.497 e. The monoisotopic (exact) mass is 421 g/mol. The number of non-ortho nitro benzene ring substituents is 1. The molecule has 3 aromatic rings. The third kappa shape index (κ3) is 6.02. The van der Waals surface area contributed by atoms with Gasteiger partial charge in [-0.1, -0.05) is 18.2 Å². The zero-order valence-electron chi connectivity index (χ0n) is 17.3. The van der Waals surface area contributed by atoms with E-state index in [9.17, 15) is 14.9 Å². The Morgan fingerprint density at radius 1 is 1.23 bits per heavy atom. The summed E-state index contributed by atoms with van der Waals surface area (Å²) in [5.74, 6) is 1.54. The van der Waals surface area contributed by atoms with Gasteiger partial charge in [0.25, 0.3) is 5.69 Å². The van der Waals surface area contributed by atoms with Crippen molar-refractivity contribution in [2.24, 2.45) is 5.10 Å². The van der Waals surface area contributed by atoms with E-state index in [4.69, 9.17) is 9.15 Å². The van der Waals surface area contributed by atoms with Crippen LogP contribution in [0.15, 0.2) is 64.1 Å². The number of hydrogen-bond donors (Lipinski definition) is 1. The van der Waals surface area contributed by atoms with Crippen LogP contribution < -0.4 is 10.2 Å². The quantitative estimate of drug-likeness (QED) is 0.308. The van der Waals surface area contributed by atoms with E-state index in [1.807, 2.05) is 25.1 Å². The highest BCUT2D eigenvalue weighted by atomic mass is 16.6. The standard InChI is InChI=1S/C23H23N3O5/c1-16-13-20(30-2)10-9-17(16)5-4-8-23(27)25-24-15-21-11-12-22(31-21)18-6-3-7-19(14-18)26(28)29/h3,6-7,9-15H,4-5,8H2,1-2H3,(H,25,27)/b24-15-. The second-order valence-electron chi connectivity index (χ2n) is 6.95. The smallest absolute Gasteiger partial charge is 0.270 e. The molecule has 0 fully saturated rings. The van der Waals surface area contributed by atoms with Gasteiger partial charge in [-0.15, -0.1) is 0 Å². The number of rotatable bonds is 9. The number of nitrogens with one attached hydrogen (secondary N) is 1. The van der Waals surface area contributed by atoms with Gasteiger partial charge in [0.1, 0.15) is 17.3 Å². The predicted molar refractivity (Wildman–Crippen MR) is 117 cm³/mol. The third-order valence-electron chi connectivity index (χ3n) is 4.75. The minimum absolute atomic E-state index is 0.0128. The number of nitro groups is 1. The molecule has 3 rings (SSSR count). The van der Waals surface area contributed by atoms with Gasteiger partial charge in [0.2, 0.25) is 5.91 Å². The second kappa shape index (κ2) is 10.2. The molecule has 31 heavy (non-hydrogen) atoms.